The van der Waals surface area contributed by atoms with Crippen LogP contribution in [0, 0.1) is 0 Å². The van der Waals surface area contributed by atoms with Crippen LogP contribution in [0.25, 0.3) is 93.9 Å². The van der Waals surface area contributed by atoms with Crippen molar-refractivity contribution in [3.05, 3.63) is 267 Å². The van der Waals surface area contributed by atoms with Crippen molar-refractivity contribution in [1.82, 2.24) is 4.57 Å². The SMILES string of the molecule is c1ccc(-c2cc(-c3ccccc3)cc(-c3ccc(N(c4cccc(-c5cc6ccccc6c6c5c5ccccc5n6-c5ccccc5)c4)c4ccccc4-c4ccccc4)cc3)c2)cc1. The molecule has 0 bridgehead atoms. The van der Waals surface area contributed by atoms with Crippen LogP contribution in [0.3, 0.4) is 0 Å². The van der Waals surface area contributed by atoms with Crippen LogP contribution in [0.4, 0.5) is 17.1 Å². The zero-order valence-corrected chi connectivity index (χ0v) is 36.3. The second-order valence-corrected chi connectivity index (χ2v) is 16.9. The summed E-state index contributed by atoms with van der Waals surface area (Å²) >= 11 is 0. The van der Waals surface area contributed by atoms with Gasteiger partial charge in [-0.1, -0.05) is 194 Å². The number of hydrogen-bond acceptors (Lipinski definition) is 1. The minimum absolute atomic E-state index is 1.08. The lowest BCUT2D eigenvalue weighted by molar-refractivity contribution is 1.19. The van der Waals surface area contributed by atoms with Crippen molar-refractivity contribution in [1.29, 1.82) is 0 Å². The monoisotopic (exact) mass is 840 g/mol. The van der Waals surface area contributed by atoms with E-state index in [4.69, 9.17) is 0 Å². The maximum absolute atomic E-state index is 2.45. The number of benzene rings is 11. The van der Waals surface area contributed by atoms with Gasteiger partial charge in [0.15, 0.2) is 0 Å². The van der Waals surface area contributed by atoms with Crippen molar-refractivity contribution in [3.63, 3.8) is 0 Å². The van der Waals surface area contributed by atoms with Crippen molar-refractivity contribution in [3.8, 4) is 61.3 Å². The minimum Gasteiger partial charge on any atom is -0.310 e. The molecule has 0 unspecified atom stereocenters. The molecule has 0 aliphatic heterocycles. The van der Waals surface area contributed by atoms with Gasteiger partial charge in [-0.3, -0.25) is 0 Å². The Morgan fingerprint density at radius 2 is 0.803 bits per heavy atom. The van der Waals surface area contributed by atoms with Gasteiger partial charge in [-0.2, -0.15) is 0 Å². The van der Waals surface area contributed by atoms with Crippen LogP contribution in [0.1, 0.15) is 0 Å². The van der Waals surface area contributed by atoms with Crippen LogP contribution < -0.4 is 4.90 Å². The molecule has 66 heavy (non-hydrogen) atoms. The van der Waals surface area contributed by atoms with Gasteiger partial charge in [-0.05, 0) is 128 Å². The molecule has 0 radical (unpaired) electrons. The average molecular weight is 841 g/mol. The molecule has 0 aliphatic rings. The highest BCUT2D eigenvalue weighted by atomic mass is 15.1. The van der Waals surface area contributed by atoms with Crippen LogP contribution in [-0.2, 0) is 0 Å². The van der Waals surface area contributed by atoms with E-state index in [1.165, 1.54) is 71.5 Å². The molecule has 2 heteroatoms. The summed E-state index contributed by atoms with van der Waals surface area (Å²) in [4.78, 5) is 2.43. The predicted molar refractivity (Wildman–Crippen MR) is 280 cm³/mol. The maximum atomic E-state index is 2.45. The lowest BCUT2D eigenvalue weighted by atomic mass is 9.93. The van der Waals surface area contributed by atoms with E-state index in [0.29, 0.717) is 0 Å². The normalized spacial score (nSPS) is 11.3. The fourth-order valence-electron chi connectivity index (χ4n) is 9.87. The molecule has 0 spiro atoms. The Morgan fingerprint density at radius 1 is 0.288 bits per heavy atom. The number of anilines is 3. The molecule has 0 saturated carbocycles. The highest BCUT2D eigenvalue weighted by molar-refractivity contribution is 6.24. The van der Waals surface area contributed by atoms with E-state index in [1.54, 1.807) is 0 Å². The van der Waals surface area contributed by atoms with Crippen LogP contribution in [0.2, 0.25) is 0 Å². The molecule has 1 aromatic heterocycles. The standard InChI is InChI=1S/C64H44N2/c1-5-20-45(21-6-1)51-40-52(46-22-7-2-8-23-46)42-53(41-51)47-36-38-55(39-37-47)65(61-34-17-15-31-57(61)48-24-9-3-10-25-48)56-30-19-27-49(43-56)60-44-50-26-13-14-32-58(50)64-63(60)59-33-16-18-35-62(59)66(64)54-28-11-4-12-29-54/h1-44H. The van der Waals surface area contributed by atoms with E-state index in [9.17, 15) is 0 Å². The summed E-state index contributed by atoms with van der Waals surface area (Å²) in [6, 6.07) is 96.9. The molecular weight excluding hydrogens is 797 g/mol. The highest BCUT2D eigenvalue weighted by Crippen LogP contribution is 2.46. The first kappa shape index (κ1) is 38.9. The van der Waals surface area contributed by atoms with E-state index in [-0.39, 0.29) is 0 Å². The summed E-state index contributed by atoms with van der Waals surface area (Å²) in [7, 11) is 0. The Hall–Kier alpha value is -8.72. The summed E-state index contributed by atoms with van der Waals surface area (Å²) in [6.45, 7) is 0. The maximum Gasteiger partial charge on any atom is 0.0625 e. The number of nitrogens with zero attached hydrogens (tertiary/aromatic N) is 2. The molecule has 0 aliphatic carbocycles. The van der Waals surface area contributed by atoms with Crippen LogP contribution in [0.5, 0.6) is 0 Å². The molecule has 0 amide bonds. The third kappa shape index (κ3) is 7.02. The first-order chi connectivity index (χ1) is 32.7. The lowest BCUT2D eigenvalue weighted by Crippen LogP contribution is -2.11. The molecule has 310 valence electrons. The van der Waals surface area contributed by atoms with E-state index < -0.39 is 0 Å². The average Bonchev–Trinajstić information content (AvgIpc) is 3.75. The molecular formula is C64H44N2. The summed E-state index contributed by atoms with van der Waals surface area (Å²) < 4.78 is 2.45. The molecule has 0 fully saturated rings. The van der Waals surface area contributed by atoms with Gasteiger partial charge >= 0.3 is 0 Å². The predicted octanol–water partition coefficient (Wildman–Crippen LogP) is 17.7. The largest absolute Gasteiger partial charge is 0.310 e. The van der Waals surface area contributed by atoms with E-state index in [1.807, 2.05) is 0 Å². The summed E-state index contributed by atoms with van der Waals surface area (Å²) in [5.41, 5.74) is 18.6. The zero-order valence-electron chi connectivity index (χ0n) is 36.3. The Bertz CT molecular complexity index is 3610. The smallest absolute Gasteiger partial charge is 0.0625 e. The van der Waals surface area contributed by atoms with Crippen molar-refractivity contribution >= 4 is 49.6 Å². The van der Waals surface area contributed by atoms with Crippen LogP contribution in [0.15, 0.2) is 267 Å². The van der Waals surface area contributed by atoms with Gasteiger partial charge in [-0.15, -0.1) is 0 Å². The first-order valence-electron chi connectivity index (χ1n) is 22.7. The summed E-state index contributed by atoms with van der Waals surface area (Å²) in [5.74, 6) is 0. The minimum atomic E-state index is 1.08. The van der Waals surface area contributed by atoms with E-state index in [0.717, 1.165) is 39.4 Å². The fraction of sp³-hybridized carbons (Fsp3) is 0. The molecule has 1 heterocycles. The second kappa shape index (κ2) is 16.8. The van der Waals surface area contributed by atoms with Gasteiger partial charge in [0.2, 0.25) is 0 Å². The van der Waals surface area contributed by atoms with Gasteiger partial charge in [0.25, 0.3) is 0 Å². The summed E-state index contributed by atoms with van der Waals surface area (Å²) in [5, 5.41) is 4.92. The van der Waals surface area contributed by atoms with Crippen molar-refractivity contribution < 1.29 is 0 Å². The van der Waals surface area contributed by atoms with E-state index >= 15 is 0 Å². The zero-order chi connectivity index (χ0) is 43.8. The Labute approximate surface area is 385 Å². The first-order valence-corrected chi connectivity index (χ1v) is 22.7. The van der Waals surface area contributed by atoms with Crippen LogP contribution in [-0.4, -0.2) is 4.57 Å². The van der Waals surface area contributed by atoms with Crippen molar-refractivity contribution in [2.24, 2.45) is 0 Å². The fourth-order valence-corrected chi connectivity index (χ4v) is 9.87. The van der Waals surface area contributed by atoms with Gasteiger partial charge in [0, 0.05) is 38.8 Å². The van der Waals surface area contributed by atoms with Gasteiger partial charge < -0.3 is 9.47 Å². The third-order valence-electron chi connectivity index (χ3n) is 12.9. The van der Waals surface area contributed by atoms with Crippen molar-refractivity contribution in [2.45, 2.75) is 0 Å². The second-order valence-electron chi connectivity index (χ2n) is 16.9. The van der Waals surface area contributed by atoms with E-state index in [2.05, 4.69) is 276 Å². The molecule has 12 aromatic rings. The lowest BCUT2D eigenvalue weighted by Gasteiger charge is -2.28. The Balaban J connectivity index is 1.05. The number of aromatic nitrogens is 1. The van der Waals surface area contributed by atoms with Crippen molar-refractivity contribution in [2.75, 3.05) is 4.90 Å². The Morgan fingerprint density at radius 3 is 1.47 bits per heavy atom. The topological polar surface area (TPSA) is 8.17 Å². The summed E-state index contributed by atoms with van der Waals surface area (Å²) in [6.07, 6.45) is 0. The molecule has 0 atom stereocenters. The molecule has 11 aromatic carbocycles. The van der Waals surface area contributed by atoms with Gasteiger partial charge in [0.05, 0.1) is 16.7 Å². The molecule has 0 N–H and O–H groups in total. The number of para-hydroxylation sites is 3. The van der Waals surface area contributed by atoms with Crippen LogP contribution >= 0.6 is 0 Å². The molecule has 0 saturated heterocycles. The third-order valence-corrected chi connectivity index (χ3v) is 12.9. The molecule has 2 nitrogen and oxygen atoms in total. The Kier molecular flexibility index (Phi) is 9.89. The number of fused-ring (bicyclic) bond motifs is 5. The number of rotatable bonds is 9. The van der Waals surface area contributed by atoms with Gasteiger partial charge in [0.1, 0.15) is 0 Å². The number of hydrogen-bond donors (Lipinski definition) is 0. The van der Waals surface area contributed by atoms with Gasteiger partial charge in [-0.25, -0.2) is 0 Å². The highest BCUT2D eigenvalue weighted by Gasteiger charge is 2.22. The quantitative estimate of drug-likeness (QED) is 0.141. The molecule has 12 rings (SSSR count).